The molecule has 0 spiro atoms. The van der Waals surface area contributed by atoms with Crippen molar-refractivity contribution in [3.63, 3.8) is 0 Å². The lowest BCUT2D eigenvalue weighted by molar-refractivity contribution is 0.152. The summed E-state index contributed by atoms with van der Waals surface area (Å²) in [6.45, 7) is 7.70. The molecular weight excluding hydrogens is 472 g/mol. The molecule has 0 radical (unpaired) electrons. The number of amides is 1. The summed E-state index contributed by atoms with van der Waals surface area (Å²) >= 11 is 0. The SMILES string of the molecule is CCCCc1cc(OCc2cn(C(=O)O)c3ccccc23)cc(OC(=O)NCCN2CCN(C)CC2)c1. The first-order valence-corrected chi connectivity index (χ1v) is 12.9. The van der Waals surface area contributed by atoms with Crippen molar-refractivity contribution in [1.29, 1.82) is 0 Å². The molecule has 0 unspecified atom stereocenters. The number of carbonyl (C=O) groups is 2. The molecule has 2 heterocycles. The minimum Gasteiger partial charge on any atom is -0.489 e. The lowest BCUT2D eigenvalue weighted by Gasteiger charge is -2.32. The van der Waals surface area contributed by atoms with Gasteiger partial charge in [-0.25, -0.2) is 9.59 Å². The second-order valence-corrected chi connectivity index (χ2v) is 9.49. The highest BCUT2D eigenvalue weighted by Crippen LogP contribution is 2.27. The molecule has 9 heteroatoms. The van der Waals surface area contributed by atoms with Gasteiger partial charge in [0.15, 0.2) is 0 Å². The van der Waals surface area contributed by atoms with Crippen LogP contribution in [0.5, 0.6) is 11.5 Å². The number of hydrogen-bond acceptors (Lipinski definition) is 6. The predicted molar refractivity (Wildman–Crippen MR) is 143 cm³/mol. The van der Waals surface area contributed by atoms with E-state index in [1.165, 1.54) is 4.57 Å². The minimum atomic E-state index is -1.04. The lowest BCUT2D eigenvalue weighted by Crippen LogP contribution is -2.47. The quantitative estimate of drug-likeness (QED) is 0.418. The topological polar surface area (TPSA) is 96.3 Å². The monoisotopic (exact) mass is 508 g/mol. The third kappa shape index (κ3) is 7.24. The summed E-state index contributed by atoms with van der Waals surface area (Å²) in [4.78, 5) is 28.7. The molecule has 1 aromatic heterocycles. The van der Waals surface area contributed by atoms with E-state index in [1.54, 1.807) is 18.3 Å². The zero-order chi connectivity index (χ0) is 26.2. The van der Waals surface area contributed by atoms with Crippen LogP contribution in [-0.4, -0.2) is 78.0 Å². The summed E-state index contributed by atoms with van der Waals surface area (Å²) in [5.74, 6) is 0.995. The number of aromatic nitrogens is 1. The van der Waals surface area contributed by atoms with Crippen LogP contribution in [0.4, 0.5) is 9.59 Å². The molecule has 9 nitrogen and oxygen atoms in total. The van der Waals surface area contributed by atoms with Crippen molar-refractivity contribution in [2.75, 3.05) is 46.3 Å². The van der Waals surface area contributed by atoms with Gasteiger partial charge in [0.2, 0.25) is 0 Å². The highest BCUT2D eigenvalue weighted by molar-refractivity contribution is 5.91. The Hall–Kier alpha value is -3.56. The van der Waals surface area contributed by atoms with Gasteiger partial charge in [-0.1, -0.05) is 31.5 Å². The molecule has 0 atom stereocenters. The molecule has 4 rings (SSSR count). The Kier molecular flexibility index (Phi) is 9.03. The number of carbonyl (C=O) groups excluding carboxylic acids is 1. The van der Waals surface area contributed by atoms with E-state index >= 15 is 0 Å². The van der Waals surface area contributed by atoms with Crippen molar-refractivity contribution >= 4 is 23.1 Å². The Morgan fingerprint density at radius 3 is 2.57 bits per heavy atom. The zero-order valence-electron chi connectivity index (χ0n) is 21.6. The largest absolute Gasteiger partial charge is 0.489 e. The molecule has 37 heavy (non-hydrogen) atoms. The molecule has 1 aliphatic rings. The van der Waals surface area contributed by atoms with Gasteiger partial charge in [-0.3, -0.25) is 9.47 Å². The van der Waals surface area contributed by atoms with E-state index < -0.39 is 12.2 Å². The number of rotatable bonds is 10. The van der Waals surface area contributed by atoms with E-state index in [9.17, 15) is 14.7 Å². The van der Waals surface area contributed by atoms with Gasteiger partial charge in [0.25, 0.3) is 0 Å². The summed E-state index contributed by atoms with van der Waals surface area (Å²) in [5, 5.41) is 13.2. The predicted octanol–water partition coefficient (Wildman–Crippen LogP) is 4.42. The molecule has 2 N–H and O–H groups in total. The van der Waals surface area contributed by atoms with Crippen LogP contribution < -0.4 is 14.8 Å². The van der Waals surface area contributed by atoms with Crippen LogP contribution in [0.2, 0.25) is 0 Å². The average molecular weight is 509 g/mol. The van der Waals surface area contributed by atoms with Crippen LogP contribution in [0.1, 0.15) is 30.9 Å². The van der Waals surface area contributed by atoms with Crippen molar-refractivity contribution in [3.8, 4) is 11.5 Å². The third-order valence-corrected chi connectivity index (χ3v) is 6.66. The summed E-state index contributed by atoms with van der Waals surface area (Å²) in [5.41, 5.74) is 2.40. The molecular formula is C28H36N4O5. The van der Waals surface area contributed by atoms with E-state index in [4.69, 9.17) is 9.47 Å². The number of benzene rings is 2. The van der Waals surface area contributed by atoms with E-state index in [2.05, 4.69) is 29.1 Å². The maximum atomic E-state index is 12.5. The molecule has 2 aromatic carbocycles. The molecule has 1 saturated heterocycles. The first kappa shape index (κ1) is 26.5. The molecule has 198 valence electrons. The van der Waals surface area contributed by atoms with Crippen molar-refractivity contribution in [3.05, 3.63) is 59.8 Å². The number of carboxylic acid groups (broad SMARTS) is 1. The molecule has 0 bridgehead atoms. The number of hydrogen-bond donors (Lipinski definition) is 2. The van der Waals surface area contributed by atoms with Gasteiger partial charge >= 0.3 is 12.2 Å². The van der Waals surface area contributed by atoms with Crippen LogP contribution in [0.3, 0.4) is 0 Å². The second kappa shape index (κ2) is 12.6. The Morgan fingerprint density at radius 1 is 1.05 bits per heavy atom. The number of nitrogens with zero attached hydrogens (tertiary/aromatic N) is 3. The fourth-order valence-electron chi connectivity index (χ4n) is 4.51. The molecule has 1 amide bonds. The van der Waals surface area contributed by atoms with Gasteiger partial charge in [0, 0.05) is 62.5 Å². The van der Waals surface area contributed by atoms with E-state index in [1.807, 2.05) is 30.3 Å². The van der Waals surface area contributed by atoms with E-state index in [0.717, 1.165) is 68.5 Å². The number of para-hydroxylation sites is 1. The highest BCUT2D eigenvalue weighted by atomic mass is 16.6. The Bertz CT molecular complexity index is 1220. The van der Waals surface area contributed by atoms with Crippen LogP contribution in [-0.2, 0) is 13.0 Å². The van der Waals surface area contributed by atoms with Crippen LogP contribution in [0.25, 0.3) is 10.9 Å². The number of fused-ring (bicyclic) bond motifs is 1. The normalized spacial score (nSPS) is 14.5. The van der Waals surface area contributed by atoms with Gasteiger partial charge < -0.3 is 24.8 Å². The van der Waals surface area contributed by atoms with Crippen LogP contribution >= 0.6 is 0 Å². The number of piperazine rings is 1. The van der Waals surface area contributed by atoms with Crippen LogP contribution in [0.15, 0.2) is 48.7 Å². The van der Waals surface area contributed by atoms with Crippen molar-refractivity contribution in [1.82, 2.24) is 19.7 Å². The van der Waals surface area contributed by atoms with E-state index in [0.29, 0.717) is 23.6 Å². The van der Waals surface area contributed by atoms with Crippen LogP contribution in [0, 0.1) is 0 Å². The van der Waals surface area contributed by atoms with Gasteiger partial charge in [0.1, 0.15) is 18.1 Å². The molecule has 3 aromatic rings. The lowest BCUT2D eigenvalue weighted by atomic mass is 10.1. The fraction of sp³-hybridized carbons (Fsp3) is 0.429. The van der Waals surface area contributed by atoms with Gasteiger partial charge in [-0.2, -0.15) is 0 Å². The number of unbranched alkanes of at least 4 members (excludes halogenated alkanes) is 1. The van der Waals surface area contributed by atoms with Gasteiger partial charge in [0.05, 0.1) is 5.52 Å². The number of nitrogens with one attached hydrogen (secondary N) is 1. The first-order valence-electron chi connectivity index (χ1n) is 12.9. The van der Waals surface area contributed by atoms with Crippen molar-refractivity contribution < 1.29 is 24.2 Å². The number of likely N-dealkylation sites (N-methyl/N-ethyl adjacent to an activating group) is 1. The van der Waals surface area contributed by atoms with Crippen molar-refractivity contribution in [2.24, 2.45) is 0 Å². The number of aryl methyl sites for hydroxylation is 1. The van der Waals surface area contributed by atoms with Gasteiger partial charge in [-0.15, -0.1) is 0 Å². The molecule has 1 fully saturated rings. The summed E-state index contributed by atoms with van der Waals surface area (Å²) < 4.78 is 12.9. The number of ether oxygens (including phenoxy) is 2. The Labute approximate surface area is 217 Å². The first-order chi connectivity index (χ1) is 17.9. The van der Waals surface area contributed by atoms with Gasteiger partial charge in [-0.05, 0) is 43.7 Å². The highest BCUT2D eigenvalue weighted by Gasteiger charge is 2.15. The molecule has 0 saturated carbocycles. The third-order valence-electron chi connectivity index (χ3n) is 6.66. The standard InChI is InChI=1S/C28H36N4O5/c1-3-4-7-21-16-23(36-20-22-19-32(28(34)35)26-9-6-5-8-25(22)26)18-24(17-21)37-27(33)29-10-11-31-14-12-30(2)13-15-31/h5-6,8-9,16-19H,3-4,7,10-15,20H2,1-2H3,(H,29,33)(H,34,35). The maximum Gasteiger partial charge on any atom is 0.416 e. The maximum absolute atomic E-state index is 12.5. The minimum absolute atomic E-state index is 0.189. The molecule has 1 aliphatic heterocycles. The summed E-state index contributed by atoms with van der Waals surface area (Å²) in [6.07, 6.45) is 2.94. The Morgan fingerprint density at radius 2 is 1.81 bits per heavy atom. The molecule has 0 aliphatic carbocycles. The zero-order valence-corrected chi connectivity index (χ0v) is 21.6. The average Bonchev–Trinajstić information content (AvgIpc) is 3.26. The summed E-state index contributed by atoms with van der Waals surface area (Å²) in [7, 11) is 2.12. The second-order valence-electron chi connectivity index (χ2n) is 9.49. The Balaban J connectivity index is 1.40. The smallest absolute Gasteiger partial charge is 0.416 e. The van der Waals surface area contributed by atoms with Crippen molar-refractivity contribution in [2.45, 2.75) is 32.8 Å². The fourth-order valence-corrected chi connectivity index (χ4v) is 4.51. The summed E-state index contributed by atoms with van der Waals surface area (Å²) in [6, 6.07) is 12.9. The van der Waals surface area contributed by atoms with E-state index in [-0.39, 0.29) is 6.61 Å².